The number of nitrogens with one attached hydrogen (secondary N) is 1. The van der Waals surface area contributed by atoms with Gasteiger partial charge in [0.2, 0.25) is 5.91 Å². The van der Waals surface area contributed by atoms with Gasteiger partial charge in [-0.2, -0.15) is 0 Å². The Morgan fingerprint density at radius 3 is 2.48 bits per heavy atom. The molecule has 218 valence electrons. The Morgan fingerprint density at radius 2 is 1.79 bits per heavy atom. The predicted molar refractivity (Wildman–Crippen MR) is 165 cm³/mol. The van der Waals surface area contributed by atoms with Gasteiger partial charge in [0.15, 0.2) is 11.5 Å². The summed E-state index contributed by atoms with van der Waals surface area (Å²) in [6.45, 7) is 1.95. The SMILES string of the molecule is CCOc1cc(/C=C2/SC(=O)N(CC(=O)Nc3ccc(Cl)c(C(=O)OC)c3)C2=O)cc(Br)c1OCc1ccc(Cl)cc1. The van der Waals surface area contributed by atoms with Crippen molar-refractivity contribution < 1.29 is 33.4 Å². The molecule has 1 heterocycles. The third-order valence-electron chi connectivity index (χ3n) is 5.76. The minimum Gasteiger partial charge on any atom is -0.490 e. The highest BCUT2D eigenvalue weighted by molar-refractivity contribution is 9.10. The molecule has 1 aliphatic rings. The van der Waals surface area contributed by atoms with Crippen LogP contribution in [0.15, 0.2) is 64.0 Å². The van der Waals surface area contributed by atoms with Crippen LogP contribution in [0.3, 0.4) is 0 Å². The predicted octanol–water partition coefficient (Wildman–Crippen LogP) is 7.20. The molecule has 4 rings (SSSR count). The molecule has 3 aromatic rings. The summed E-state index contributed by atoms with van der Waals surface area (Å²) in [4.78, 5) is 51.2. The van der Waals surface area contributed by atoms with Crippen LogP contribution in [0.5, 0.6) is 11.5 Å². The van der Waals surface area contributed by atoms with E-state index in [0.29, 0.717) is 44.9 Å². The third kappa shape index (κ3) is 7.65. The first-order chi connectivity index (χ1) is 20.1. The van der Waals surface area contributed by atoms with Gasteiger partial charge >= 0.3 is 5.97 Å². The number of carbonyl (C=O) groups excluding carboxylic acids is 4. The van der Waals surface area contributed by atoms with Gasteiger partial charge in [0.25, 0.3) is 11.1 Å². The molecular weight excluding hydrogens is 671 g/mol. The Labute approximate surface area is 264 Å². The molecule has 1 N–H and O–H groups in total. The first kappa shape index (κ1) is 31.4. The van der Waals surface area contributed by atoms with Crippen LogP contribution in [-0.2, 0) is 20.9 Å². The lowest BCUT2D eigenvalue weighted by molar-refractivity contribution is -0.127. The average molecular weight is 694 g/mol. The van der Waals surface area contributed by atoms with E-state index in [1.807, 2.05) is 19.1 Å². The summed E-state index contributed by atoms with van der Waals surface area (Å²) >= 11 is 16.2. The second kappa shape index (κ2) is 14.1. The number of thioether (sulfide) groups is 1. The molecule has 1 aliphatic heterocycles. The van der Waals surface area contributed by atoms with Crippen molar-refractivity contribution in [3.8, 4) is 11.5 Å². The van der Waals surface area contributed by atoms with Crippen molar-refractivity contribution in [2.45, 2.75) is 13.5 Å². The maximum atomic E-state index is 13.1. The van der Waals surface area contributed by atoms with Gasteiger partial charge in [-0.3, -0.25) is 19.3 Å². The average Bonchev–Trinajstić information content (AvgIpc) is 3.21. The van der Waals surface area contributed by atoms with Crippen LogP contribution < -0.4 is 14.8 Å². The maximum absolute atomic E-state index is 13.1. The fourth-order valence-corrected chi connectivity index (χ4v) is 5.54. The number of hydrogen-bond donors (Lipinski definition) is 1. The van der Waals surface area contributed by atoms with E-state index in [-0.39, 0.29) is 27.8 Å². The highest BCUT2D eigenvalue weighted by atomic mass is 79.9. The van der Waals surface area contributed by atoms with Crippen molar-refractivity contribution in [3.05, 3.63) is 90.7 Å². The van der Waals surface area contributed by atoms with E-state index in [1.165, 1.54) is 25.3 Å². The largest absolute Gasteiger partial charge is 0.490 e. The molecule has 0 aromatic heterocycles. The Hall–Kier alpha value is -3.51. The number of methoxy groups -OCH3 is 1. The fourth-order valence-electron chi connectivity index (χ4n) is 3.81. The van der Waals surface area contributed by atoms with Crippen LogP contribution in [0.4, 0.5) is 10.5 Å². The molecule has 0 aliphatic carbocycles. The van der Waals surface area contributed by atoms with Crippen molar-refractivity contribution in [1.82, 2.24) is 4.90 Å². The Kier molecular flexibility index (Phi) is 10.6. The van der Waals surface area contributed by atoms with Gasteiger partial charge in [-0.05, 0) is 94.3 Å². The lowest BCUT2D eigenvalue weighted by Crippen LogP contribution is -2.36. The molecule has 3 aromatic carbocycles. The highest BCUT2D eigenvalue weighted by Crippen LogP contribution is 2.40. The number of halogens is 3. The molecule has 1 saturated heterocycles. The van der Waals surface area contributed by atoms with Crippen LogP contribution in [0.2, 0.25) is 10.0 Å². The standard InChI is InChI=1S/C29H23BrCl2N2O7S/c1-3-40-23-11-17(10-21(30)26(23)41-15-16-4-6-18(31)7-5-16)12-24-27(36)34(29(38)42-24)14-25(35)33-19-8-9-22(32)20(13-19)28(37)39-2/h4-13H,3,14-15H2,1-2H3,(H,33,35)/b24-12+. The summed E-state index contributed by atoms with van der Waals surface area (Å²) < 4.78 is 17.0. The van der Waals surface area contributed by atoms with E-state index in [0.717, 1.165) is 10.5 Å². The smallest absolute Gasteiger partial charge is 0.339 e. The maximum Gasteiger partial charge on any atom is 0.339 e. The molecule has 0 unspecified atom stereocenters. The Morgan fingerprint density at radius 1 is 1.05 bits per heavy atom. The van der Waals surface area contributed by atoms with Crippen LogP contribution in [0.1, 0.15) is 28.4 Å². The van der Waals surface area contributed by atoms with Crippen molar-refractivity contribution in [1.29, 1.82) is 0 Å². The van der Waals surface area contributed by atoms with Crippen molar-refractivity contribution >= 4 is 85.7 Å². The van der Waals surface area contributed by atoms with E-state index in [9.17, 15) is 19.2 Å². The molecular formula is C29H23BrCl2N2O7S. The number of esters is 1. The molecule has 0 bridgehead atoms. The van der Waals surface area contributed by atoms with Gasteiger partial charge in [-0.15, -0.1) is 0 Å². The normalized spacial score (nSPS) is 13.8. The van der Waals surface area contributed by atoms with Gasteiger partial charge < -0.3 is 19.5 Å². The van der Waals surface area contributed by atoms with Gasteiger partial charge in [-0.1, -0.05) is 35.3 Å². The van der Waals surface area contributed by atoms with E-state index < -0.39 is 29.6 Å². The zero-order chi connectivity index (χ0) is 30.4. The molecule has 1 fully saturated rings. The van der Waals surface area contributed by atoms with Gasteiger partial charge in [0.1, 0.15) is 13.2 Å². The molecule has 13 heteroatoms. The van der Waals surface area contributed by atoms with Crippen LogP contribution in [0.25, 0.3) is 6.08 Å². The Balaban J connectivity index is 1.47. The zero-order valence-electron chi connectivity index (χ0n) is 22.2. The Bertz CT molecular complexity index is 1580. The molecule has 0 atom stereocenters. The van der Waals surface area contributed by atoms with E-state index >= 15 is 0 Å². The first-order valence-corrected chi connectivity index (χ1v) is 14.7. The quantitative estimate of drug-likeness (QED) is 0.175. The molecule has 0 spiro atoms. The lowest BCUT2D eigenvalue weighted by Gasteiger charge is -2.15. The number of anilines is 1. The summed E-state index contributed by atoms with van der Waals surface area (Å²) in [6, 6.07) is 15.0. The van der Waals surface area contributed by atoms with Gasteiger partial charge in [0, 0.05) is 10.7 Å². The monoisotopic (exact) mass is 692 g/mol. The summed E-state index contributed by atoms with van der Waals surface area (Å²) in [5, 5.41) is 2.74. The number of benzene rings is 3. The summed E-state index contributed by atoms with van der Waals surface area (Å²) in [6.07, 6.45) is 1.54. The highest BCUT2D eigenvalue weighted by Gasteiger charge is 2.36. The van der Waals surface area contributed by atoms with Crippen LogP contribution in [-0.4, -0.2) is 48.2 Å². The number of rotatable bonds is 10. The lowest BCUT2D eigenvalue weighted by atomic mass is 10.1. The number of ether oxygens (including phenoxy) is 3. The zero-order valence-corrected chi connectivity index (χ0v) is 26.2. The summed E-state index contributed by atoms with van der Waals surface area (Å²) in [5.74, 6) is -1.01. The molecule has 3 amide bonds. The number of hydrogen-bond acceptors (Lipinski definition) is 8. The van der Waals surface area contributed by atoms with Gasteiger partial charge in [-0.25, -0.2) is 4.79 Å². The fraction of sp³-hybridized carbons (Fsp3) is 0.172. The molecule has 0 saturated carbocycles. The van der Waals surface area contributed by atoms with Crippen molar-refractivity contribution in [3.63, 3.8) is 0 Å². The minimum atomic E-state index is -0.674. The minimum absolute atomic E-state index is 0.0602. The van der Waals surface area contributed by atoms with E-state index in [4.69, 9.17) is 32.7 Å². The van der Waals surface area contributed by atoms with Crippen molar-refractivity contribution in [2.24, 2.45) is 0 Å². The third-order valence-corrected chi connectivity index (χ3v) is 7.83. The number of amides is 3. The van der Waals surface area contributed by atoms with E-state index in [2.05, 4.69) is 26.0 Å². The van der Waals surface area contributed by atoms with E-state index in [1.54, 1.807) is 30.3 Å². The van der Waals surface area contributed by atoms with Crippen LogP contribution in [0, 0.1) is 0 Å². The molecule has 42 heavy (non-hydrogen) atoms. The topological polar surface area (TPSA) is 111 Å². The summed E-state index contributed by atoms with van der Waals surface area (Å²) in [7, 11) is 1.21. The van der Waals surface area contributed by atoms with Crippen LogP contribution >= 0.6 is 50.9 Å². The second-order valence-electron chi connectivity index (χ2n) is 8.68. The number of nitrogens with zero attached hydrogens (tertiary/aromatic N) is 1. The molecule has 9 nitrogen and oxygen atoms in total. The number of carbonyl (C=O) groups is 4. The number of imide groups is 1. The molecule has 0 radical (unpaired) electrons. The van der Waals surface area contributed by atoms with Crippen molar-refractivity contribution in [2.75, 3.05) is 25.6 Å². The summed E-state index contributed by atoms with van der Waals surface area (Å²) in [5.41, 5.74) is 1.80. The first-order valence-electron chi connectivity index (χ1n) is 12.4. The van der Waals surface area contributed by atoms with Gasteiger partial charge in [0.05, 0.1) is 33.7 Å². The second-order valence-corrected chi connectivity index (χ2v) is 11.4.